The van der Waals surface area contributed by atoms with Gasteiger partial charge >= 0.3 is 0 Å². The zero-order valence-electron chi connectivity index (χ0n) is 10.9. The second kappa shape index (κ2) is 3.44. The van der Waals surface area contributed by atoms with Gasteiger partial charge in [-0.1, -0.05) is 45.0 Å². The van der Waals surface area contributed by atoms with E-state index in [1.54, 1.807) is 0 Å². The second-order valence-electron chi connectivity index (χ2n) is 6.32. The van der Waals surface area contributed by atoms with Gasteiger partial charge in [0.05, 0.1) is 0 Å². The monoisotopic (exact) mass is 228 g/mol. The lowest BCUT2D eigenvalue weighted by Gasteiger charge is -2.42. The maximum atomic E-state index is 12.6. The van der Waals surface area contributed by atoms with E-state index in [4.69, 9.17) is 0 Å². The van der Waals surface area contributed by atoms with E-state index < -0.39 is 0 Å². The van der Waals surface area contributed by atoms with Crippen LogP contribution in [0.4, 0.5) is 0 Å². The molecule has 2 aliphatic carbocycles. The molecule has 90 valence electrons. The molecule has 0 saturated heterocycles. The van der Waals surface area contributed by atoms with Gasteiger partial charge in [-0.3, -0.25) is 4.79 Å². The molecule has 0 heterocycles. The Morgan fingerprint density at radius 2 is 1.88 bits per heavy atom. The largest absolute Gasteiger partial charge is 0.294 e. The minimum atomic E-state index is 0.153. The number of hydrogen-bond acceptors (Lipinski definition) is 1. The van der Waals surface area contributed by atoms with E-state index in [9.17, 15) is 4.79 Å². The van der Waals surface area contributed by atoms with Crippen molar-refractivity contribution in [2.75, 3.05) is 0 Å². The van der Waals surface area contributed by atoms with Crippen molar-refractivity contribution >= 4 is 5.78 Å². The number of ketones is 1. The lowest BCUT2D eigenvalue weighted by molar-refractivity contribution is 0.0777. The summed E-state index contributed by atoms with van der Waals surface area (Å²) in [5.41, 5.74) is 2.40. The number of hydrogen-bond donors (Lipinski definition) is 0. The Labute approximate surface area is 103 Å². The van der Waals surface area contributed by atoms with Crippen LogP contribution in [-0.2, 0) is 5.41 Å². The SMILES string of the molecule is C[C@H]1CC[C@H]2[C@H]1C(=O)c1ccccc1C2(C)C. The van der Waals surface area contributed by atoms with Crippen molar-refractivity contribution in [2.45, 2.75) is 39.0 Å². The minimum absolute atomic E-state index is 0.153. The van der Waals surface area contributed by atoms with Crippen LogP contribution < -0.4 is 0 Å². The third-order valence-electron chi connectivity index (χ3n) is 5.10. The molecule has 0 radical (unpaired) electrons. The average Bonchev–Trinajstić information content (AvgIpc) is 2.70. The molecule has 1 heteroatoms. The number of benzene rings is 1. The summed E-state index contributed by atoms with van der Waals surface area (Å²) in [5.74, 6) is 1.76. The van der Waals surface area contributed by atoms with Crippen LogP contribution in [0.3, 0.4) is 0 Å². The first-order valence-electron chi connectivity index (χ1n) is 6.67. The normalized spacial score (nSPS) is 34.3. The number of carbonyl (C=O) groups excluding carboxylic acids is 1. The summed E-state index contributed by atoms with van der Waals surface area (Å²) in [5, 5.41) is 0. The highest BCUT2D eigenvalue weighted by Gasteiger charge is 2.51. The van der Waals surface area contributed by atoms with Crippen LogP contribution in [-0.4, -0.2) is 5.78 Å². The molecule has 1 fully saturated rings. The fourth-order valence-corrected chi connectivity index (χ4v) is 4.09. The summed E-state index contributed by atoms with van der Waals surface area (Å²) < 4.78 is 0. The van der Waals surface area contributed by atoms with Gasteiger partial charge in [0.15, 0.2) is 5.78 Å². The zero-order chi connectivity index (χ0) is 12.2. The van der Waals surface area contributed by atoms with Crippen LogP contribution in [0.2, 0.25) is 0 Å². The average molecular weight is 228 g/mol. The maximum absolute atomic E-state index is 12.6. The fraction of sp³-hybridized carbons (Fsp3) is 0.562. The minimum Gasteiger partial charge on any atom is -0.294 e. The van der Waals surface area contributed by atoms with Gasteiger partial charge in [-0.15, -0.1) is 0 Å². The quantitative estimate of drug-likeness (QED) is 0.659. The molecule has 1 aromatic carbocycles. The highest BCUT2D eigenvalue weighted by molar-refractivity contribution is 6.01. The van der Waals surface area contributed by atoms with Crippen molar-refractivity contribution in [1.29, 1.82) is 0 Å². The summed E-state index contributed by atoms with van der Waals surface area (Å²) >= 11 is 0. The van der Waals surface area contributed by atoms with Crippen molar-refractivity contribution in [2.24, 2.45) is 17.8 Å². The van der Waals surface area contributed by atoms with E-state index in [1.807, 2.05) is 12.1 Å². The first-order chi connectivity index (χ1) is 8.03. The molecule has 0 aliphatic heterocycles. The molecular formula is C16H20O. The van der Waals surface area contributed by atoms with E-state index in [0.717, 1.165) is 5.56 Å². The van der Waals surface area contributed by atoms with E-state index in [1.165, 1.54) is 18.4 Å². The zero-order valence-corrected chi connectivity index (χ0v) is 10.9. The fourth-order valence-electron chi connectivity index (χ4n) is 4.09. The molecule has 17 heavy (non-hydrogen) atoms. The van der Waals surface area contributed by atoms with E-state index >= 15 is 0 Å². The Bertz CT molecular complexity index is 472. The highest BCUT2D eigenvalue weighted by Crippen LogP contribution is 2.53. The van der Waals surface area contributed by atoms with E-state index in [0.29, 0.717) is 17.6 Å². The Kier molecular flexibility index (Phi) is 2.23. The van der Waals surface area contributed by atoms with Gasteiger partial charge in [0.1, 0.15) is 0 Å². The predicted molar refractivity (Wildman–Crippen MR) is 69.2 cm³/mol. The highest BCUT2D eigenvalue weighted by atomic mass is 16.1. The molecule has 0 aromatic heterocycles. The van der Waals surface area contributed by atoms with Crippen molar-refractivity contribution in [3.63, 3.8) is 0 Å². The summed E-state index contributed by atoms with van der Waals surface area (Å²) in [6, 6.07) is 8.21. The number of carbonyl (C=O) groups is 1. The Balaban J connectivity index is 2.21. The standard InChI is InChI=1S/C16H20O/c1-10-8-9-13-14(10)15(17)11-6-4-5-7-12(11)16(13,2)3/h4-7,10,13-14H,8-9H2,1-3H3/t10-,13-,14-/m0/s1. The molecule has 0 amide bonds. The lowest BCUT2D eigenvalue weighted by Crippen LogP contribution is -2.42. The first kappa shape index (κ1) is 11.0. The van der Waals surface area contributed by atoms with Gasteiger partial charge in [-0.05, 0) is 35.7 Å². The molecule has 0 spiro atoms. The molecule has 0 bridgehead atoms. The molecule has 1 saturated carbocycles. The van der Waals surface area contributed by atoms with Gasteiger partial charge in [-0.25, -0.2) is 0 Å². The van der Waals surface area contributed by atoms with Gasteiger partial charge in [-0.2, -0.15) is 0 Å². The summed E-state index contributed by atoms with van der Waals surface area (Å²) in [6.45, 7) is 6.87. The summed E-state index contributed by atoms with van der Waals surface area (Å²) in [6.07, 6.45) is 2.41. The maximum Gasteiger partial charge on any atom is 0.166 e. The topological polar surface area (TPSA) is 17.1 Å². The smallest absolute Gasteiger partial charge is 0.166 e. The van der Waals surface area contributed by atoms with Gasteiger partial charge in [0.25, 0.3) is 0 Å². The summed E-state index contributed by atoms with van der Waals surface area (Å²) in [7, 11) is 0. The Morgan fingerprint density at radius 3 is 2.65 bits per heavy atom. The van der Waals surface area contributed by atoms with Gasteiger partial charge in [0, 0.05) is 11.5 Å². The Morgan fingerprint density at radius 1 is 1.18 bits per heavy atom. The van der Waals surface area contributed by atoms with Crippen LogP contribution in [0.5, 0.6) is 0 Å². The number of rotatable bonds is 0. The lowest BCUT2D eigenvalue weighted by atomic mass is 9.60. The predicted octanol–water partition coefficient (Wildman–Crippen LogP) is 3.82. The molecule has 3 rings (SSSR count). The molecule has 1 aromatic rings. The second-order valence-corrected chi connectivity index (χ2v) is 6.32. The molecule has 0 N–H and O–H groups in total. The van der Waals surface area contributed by atoms with Crippen molar-refractivity contribution in [3.05, 3.63) is 35.4 Å². The third-order valence-corrected chi connectivity index (χ3v) is 5.10. The van der Waals surface area contributed by atoms with Crippen molar-refractivity contribution < 1.29 is 4.79 Å². The van der Waals surface area contributed by atoms with E-state index in [2.05, 4.69) is 32.9 Å². The van der Waals surface area contributed by atoms with Crippen LogP contribution in [0.15, 0.2) is 24.3 Å². The summed E-state index contributed by atoms with van der Waals surface area (Å²) in [4.78, 5) is 12.6. The molecule has 2 aliphatic rings. The molecule has 0 unspecified atom stereocenters. The molecule has 3 atom stereocenters. The molecular weight excluding hydrogens is 208 g/mol. The number of Topliss-reactive ketones (excluding diaryl/α,β-unsaturated/α-hetero) is 1. The van der Waals surface area contributed by atoms with Gasteiger partial charge < -0.3 is 0 Å². The van der Waals surface area contributed by atoms with Crippen molar-refractivity contribution in [3.8, 4) is 0 Å². The van der Waals surface area contributed by atoms with Crippen LogP contribution in [0, 0.1) is 17.8 Å². The van der Waals surface area contributed by atoms with Gasteiger partial charge in [0.2, 0.25) is 0 Å². The van der Waals surface area contributed by atoms with Crippen LogP contribution >= 0.6 is 0 Å². The van der Waals surface area contributed by atoms with E-state index in [-0.39, 0.29) is 11.3 Å². The Hall–Kier alpha value is -1.11. The number of fused-ring (bicyclic) bond motifs is 2. The van der Waals surface area contributed by atoms with Crippen LogP contribution in [0.25, 0.3) is 0 Å². The van der Waals surface area contributed by atoms with Crippen molar-refractivity contribution in [1.82, 2.24) is 0 Å². The van der Waals surface area contributed by atoms with Crippen LogP contribution in [0.1, 0.15) is 49.5 Å². The molecule has 1 nitrogen and oxygen atoms in total. The third kappa shape index (κ3) is 1.34. The first-order valence-corrected chi connectivity index (χ1v) is 6.67.